The number of aliphatic hydroxyl groups is 1. The van der Waals surface area contributed by atoms with Gasteiger partial charge in [-0.25, -0.2) is 4.39 Å². The molecule has 5 heteroatoms. The van der Waals surface area contributed by atoms with Crippen LogP contribution in [0.15, 0.2) is 18.2 Å². The lowest BCUT2D eigenvalue weighted by Gasteiger charge is -2.28. The summed E-state index contributed by atoms with van der Waals surface area (Å²) in [5, 5.41) is 10.4. The average Bonchev–Trinajstić information content (AvgIpc) is 2.75. The van der Waals surface area contributed by atoms with Crippen molar-refractivity contribution in [2.45, 2.75) is 31.3 Å². The second-order valence-corrected chi connectivity index (χ2v) is 5.62. The van der Waals surface area contributed by atoms with Gasteiger partial charge < -0.3 is 10.0 Å². The summed E-state index contributed by atoms with van der Waals surface area (Å²) in [7, 11) is 1.62. The zero-order valence-corrected chi connectivity index (χ0v) is 11.6. The van der Waals surface area contributed by atoms with Gasteiger partial charge in [-0.15, -0.1) is 0 Å². The maximum Gasteiger partial charge on any atom is 0.255 e. The first kappa shape index (κ1) is 14.3. The number of carbonyl (C=O) groups excluding carboxylic acids is 1. The Balaban J connectivity index is 2.10. The molecular formula is C14H17ClFNO2. The van der Waals surface area contributed by atoms with Crippen LogP contribution in [0.4, 0.5) is 4.39 Å². The minimum absolute atomic E-state index is 0.0928. The van der Waals surface area contributed by atoms with Crippen molar-refractivity contribution in [2.75, 3.05) is 13.6 Å². The highest BCUT2D eigenvalue weighted by Gasteiger charge is 2.33. The lowest BCUT2D eigenvalue weighted by molar-refractivity contribution is 0.0157. The van der Waals surface area contributed by atoms with E-state index in [0.717, 1.165) is 18.9 Å². The standard InChI is InChI=1S/C14H17ClFNO2/c1-17(9-14(19)6-2-3-7-14)13(18)11-5-4-10(16)8-12(11)15/h4-5,8,19H,2-3,6-7,9H2,1H3. The Kier molecular flexibility index (Phi) is 4.11. The summed E-state index contributed by atoms with van der Waals surface area (Å²) in [6, 6.07) is 3.69. The number of amides is 1. The van der Waals surface area contributed by atoms with Crippen molar-refractivity contribution in [1.82, 2.24) is 4.90 Å². The molecule has 0 bridgehead atoms. The van der Waals surface area contributed by atoms with Gasteiger partial charge in [0.2, 0.25) is 0 Å². The Hall–Kier alpha value is -1.13. The largest absolute Gasteiger partial charge is 0.388 e. The molecule has 0 heterocycles. The molecule has 1 aromatic carbocycles. The number of hydrogen-bond donors (Lipinski definition) is 1. The topological polar surface area (TPSA) is 40.5 Å². The van der Waals surface area contributed by atoms with E-state index in [1.165, 1.54) is 17.0 Å². The number of carbonyl (C=O) groups is 1. The predicted octanol–water partition coefficient (Wildman–Crippen LogP) is 2.86. The first-order chi connectivity index (χ1) is 8.91. The van der Waals surface area contributed by atoms with Crippen LogP contribution in [0.25, 0.3) is 0 Å². The molecule has 1 saturated carbocycles. The van der Waals surface area contributed by atoms with E-state index < -0.39 is 11.4 Å². The first-order valence-corrected chi connectivity index (χ1v) is 6.72. The van der Waals surface area contributed by atoms with Gasteiger partial charge in [-0.2, -0.15) is 0 Å². The minimum atomic E-state index is -0.795. The number of benzene rings is 1. The summed E-state index contributed by atoms with van der Waals surface area (Å²) < 4.78 is 13.0. The minimum Gasteiger partial charge on any atom is -0.388 e. The molecule has 0 saturated heterocycles. The first-order valence-electron chi connectivity index (χ1n) is 6.34. The summed E-state index contributed by atoms with van der Waals surface area (Å²) in [5.74, 6) is -0.774. The maximum atomic E-state index is 13.0. The van der Waals surface area contributed by atoms with Gasteiger partial charge in [-0.1, -0.05) is 24.4 Å². The fraction of sp³-hybridized carbons (Fsp3) is 0.500. The lowest BCUT2D eigenvalue weighted by Crippen LogP contribution is -2.42. The molecule has 2 rings (SSSR count). The Morgan fingerprint density at radius 3 is 2.68 bits per heavy atom. The summed E-state index contributed by atoms with van der Waals surface area (Å²) in [5.41, 5.74) is -0.538. The Morgan fingerprint density at radius 2 is 2.11 bits per heavy atom. The molecule has 1 fully saturated rings. The van der Waals surface area contributed by atoms with Crippen molar-refractivity contribution in [1.29, 1.82) is 0 Å². The van der Waals surface area contributed by atoms with Crippen LogP contribution >= 0.6 is 11.6 Å². The van der Waals surface area contributed by atoms with Gasteiger partial charge in [-0.05, 0) is 31.0 Å². The van der Waals surface area contributed by atoms with Gasteiger partial charge in [0.05, 0.1) is 16.2 Å². The fourth-order valence-corrected chi connectivity index (χ4v) is 2.82. The molecular weight excluding hydrogens is 269 g/mol. The van der Waals surface area contributed by atoms with Crippen molar-refractivity contribution in [3.8, 4) is 0 Å². The Bertz CT molecular complexity index is 486. The van der Waals surface area contributed by atoms with Gasteiger partial charge in [0.25, 0.3) is 5.91 Å². The number of likely N-dealkylation sites (N-methyl/N-ethyl adjacent to an activating group) is 1. The van der Waals surface area contributed by atoms with E-state index in [-0.39, 0.29) is 23.0 Å². The zero-order valence-electron chi connectivity index (χ0n) is 10.8. The molecule has 1 aliphatic carbocycles. The SMILES string of the molecule is CN(CC1(O)CCCC1)C(=O)c1ccc(F)cc1Cl. The van der Waals surface area contributed by atoms with Crippen molar-refractivity contribution in [2.24, 2.45) is 0 Å². The van der Waals surface area contributed by atoms with E-state index in [1.807, 2.05) is 0 Å². The van der Waals surface area contributed by atoms with Crippen LogP contribution in [-0.4, -0.2) is 35.1 Å². The molecule has 0 aromatic heterocycles. The molecule has 1 amide bonds. The third kappa shape index (κ3) is 3.25. The van der Waals surface area contributed by atoms with E-state index >= 15 is 0 Å². The zero-order chi connectivity index (χ0) is 14.0. The van der Waals surface area contributed by atoms with E-state index in [9.17, 15) is 14.3 Å². The second kappa shape index (κ2) is 5.47. The molecule has 0 aliphatic heterocycles. The summed E-state index contributed by atoms with van der Waals surface area (Å²) in [6.07, 6.45) is 3.38. The molecule has 0 radical (unpaired) electrons. The van der Waals surface area contributed by atoms with Gasteiger partial charge in [0.1, 0.15) is 5.82 Å². The molecule has 0 unspecified atom stereocenters. The van der Waals surface area contributed by atoms with Gasteiger partial charge in [0, 0.05) is 13.6 Å². The lowest BCUT2D eigenvalue weighted by atomic mass is 10.0. The van der Waals surface area contributed by atoms with E-state index in [0.29, 0.717) is 12.8 Å². The van der Waals surface area contributed by atoms with Crippen LogP contribution in [0, 0.1) is 5.82 Å². The van der Waals surface area contributed by atoms with Gasteiger partial charge in [-0.3, -0.25) is 4.79 Å². The van der Waals surface area contributed by atoms with E-state index in [4.69, 9.17) is 11.6 Å². The second-order valence-electron chi connectivity index (χ2n) is 5.22. The molecule has 0 spiro atoms. The van der Waals surface area contributed by atoms with E-state index in [2.05, 4.69) is 0 Å². The van der Waals surface area contributed by atoms with Crippen LogP contribution in [0.1, 0.15) is 36.0 Å². The normalized spacial score (nSPS) is 17.5. The molecule has 0 atom stereocenters. The highest BCUT2D eigenvalue weighted by molar-refractivity contribution is 6.33. The van der Waals surface area contributed by atoms with Gasteiger partial charge >= 0.3 is 0 Å². The van der Waals surface area contributed by atoms with E-state index in [1.54, 1.807) is 7.05 Å². The van der Waals surface area contributed by atoms with Crippen molar-refractivity contribution in [3.05, 3.63) is 34.6 Å². The third-order valence-corrected chi connectivity index (χ3v) is 3.89. The van der Waals surface area contributed by atoms with Crippen molar-refractivity contribution >= 4 is 17.5 Å². The maximum absolute atomic E-state index is 13.0. The molecule has 19 heavy (non-hydrogen) atoms. The summed E-state index contributed by atoms with van der Waals surface area (Å²) in [4.78, 5) is 13.7. The molecule has 1 aromatic rings. The molecule has 1 aliphatic rings. The number of rotatable bonds is 3. The van der Waals surface area contributed by atoms with Crippen LogP contribution in [0.5, 0.6) is 0 Å². The monoisotopic (exact) mass is 285 g/mol. The molecule has 104 valence electrons. The van der Waals surface area contributed by atoms with Crippen molar-refractivity contribution in [3.63, 3.8) is 0 Å². The van der Waals surface area contributed by atoms with Crippen LogP contribution < -0.4 is 0 Å². The van der Waals surface area contributed by atoms with Crippen LogP contribution in [0.3, 0.4) is 0 Å². The van der Waals surface area contributed by atoms with Crippen LogP contribution in [0.2, 0.25) is 5.02 Å². The highest BCUT2D eigenvalue weighted by Crippen LogP contribution is 2.30. The molecule has 3 nitrogen and oxygen atoms in total. The van der Waals surface area contributed by atoms with Crippen molar-refractivity contribution < 1.29 is 14.3 Å². The number of hydrogen-bond acceptors (Lipinski definition) is 2. The predicted molar refractivity (Wildman–Crippen MR) is 71.8 cm³/mol. The average molecular weight is 286 g/mol. The number of nitrogens with zero attached hydrogens (tertiary/aromatic N) is 1. The third-order valence-electron chi connectivity index (χ3n) is 3.57. The summed E-state index contributed by atoms with van der Waals surface area (Å²) >= 11 is 5.87. The Morgan fingerprint density at radius 1 is 1.47 bits per heavy atom. The van der Waals surface area contributed by atoms with Crippen LogP contribution in [-0.2, 0) is 0 Å². The fourth-order valence-electron chi connectivity index (χ4n) is 2.57. The quantitative estimate of drug-likeness (QED) is 0.928. The summed E-state index contributed by atoms with van der Waals surface area (Å²) in [6.45, 7) is 0.277. The Labute approximate surface area is 117 Å². The highest BCUT2D eigenvalue weighted by atomic mass is 35.5. The van der Waals surface area contributed by atoms with Gasteiger partial charge in [0.15, 0.2) is 0 Å². The smallest absolute Gasteiger partial charge is 0.255 e. The molecule has 1 N–H and O–H groups in total. The number of halogens is 2.